The lowest BCUT2D eigenvalue weighted by Crippen LogP contribution is -2.21. The molecule has 3 heterocycles. The molecule has 18 heavy (non-hydrogen) atoms. The van der Waals surface area contributed by atoms with Crippen molar-refractivity contribution in [2.45, 2.75) is 38.3 Å². The van der Waals surface area contributed by atoms with Crippen LogP contribution in [0.15, 0.2) is 23.0 Å². The predicted octanol–water partition coefficient (Wildman–Crippen LogP) is 1.52. The zero-order valence-electron chi connectivity index (χ0n) is 10.2. The molecule has 0 amide bonds. The van der Waals surface area contributed by atoms with Crippen molar-refractivity contribution in [3.05, 3.63) is 30.2 Å². The maximum Gasteiger partial charge on any atom is 0.248 e. The number of nitrogens with zero attached hydrogens (tertiary/aromatic N) is 4. The Bertz CT molecular complexity index is 470. The molecule has 1 N–H and O–H groups in total. The van der Waals surface area contributed by atoms with Gasteiger partial charge in [-0.15, -0.1) is 0 Å². The van der Waals surface area contributed by atoms with Crippen molar-refractivity contribution in [1.82, 2.24) is 25.2 Å². The van der Waals surface area contributed by atoms with E-state index in [2.05, 4.69) is 20.6 Å². The highest BCUT2D eigenvalue weighted by Gasteiger charge is 2.19. The van der Waals surface area contributed by atoms with Crippen molar-refractivity contribution < 1.29 is 4.52 Å². The molecule has 2 aromatic heterocycles. The quantitative estimate of drug-likeness (QED) is 0.890. The van der Waals surface area contributed by atoms with Crippen LogP contribution in [0.3, 0.4) is 0 Å². The van der Waals surface area contributed by atoms with Crippen LogP contribution in [-0.4, -0.2) is 26.5 Å². The Morgan fingerprint density at radius 3 is 3.28 bits per heavy atom. The second kappa shape index (κ2) is 5.30. The number of hydrogen-bond acceptors (Lipinski definition) is 5. The lowest BCUT2D eigenvalue weighted by molar-refractivity contribution is 0.354. The molecule has 1 fully saturated rings. The third-order valence-corrected chi connectivity index (χ3v) is 3.21. The lowest BCUT2D eigenvalue weighted by Gasteiger charge is -2.09. The third kappa shape index (κ3) is 2.59. The van der Waals surface area contributed by atoms with E-state index in [4.69, 9.17) is 4.52 Å². The molecule has 6 nitrogen and oxygen atoms in total. The van der Waals surface area contributed by atoms with Gasteiger partial charge in [0.1, 0.15) is 6.54 Å². The van der Waals surface area contributed by atoms with Crippen molar-refractivity contribution in [3.8, 4) is 0 Å². The summed E-state index contributed by atoms with van der Waals surface area (Å²) in [6.07, 6.45) is 8.44. The Hall–Kier alpha value is -1.69. The normalized spacial score (nSPS) is 20.8. The second-order valence-electron chi connectivity index (χ2n) is 4.61. The van der Waals surface area contributed by atoms with Crippen LogP contribution in [0.1, 0.15) is 43.4 Å². The number of nitrogens with one attached hydrogen (secondary N) is 1. The fraction of sp³-hybridized carbons (Fsp3) is 0.583. The molecule has 0 radical (unpaired) electrons. The van der Waals surface area contributed by atoms with Gasteiger partial charge < -0.3 is 9.84 Å². The van der Waals surface area contributed by atoms with E-state index < -0.39 is 0 Å². The Labute approximate surface area is 105 Å². The van der Waals surface area contributed by atoms with E-state index >= 15 is 0 Å². The topological polar surface area (TPSA) is 68.8 Å². The fourth-order valence-electron chi connectivity index (χ4n) is 2.26. The maximum absolute atomic E-state index is 5.27. The summed E-state index contributed by atoms with van der Waals surface area (Å²) in [7, 11) is 0. The van der Waals surface area contributed by atoms with Gasteiger partial charge in [-0.3, -0.25) is 4.68 Å². The zero-order valence-corrected chi connectivity index (χ0v) is 10.2. The maximum atomic E-state index is 5.27. The molecule has 0 saturated carbocycles. The summed E-state index contributed by atoms with van der Waals surface area (Å²) in [5.41, 5.74) is 0. The van der Waals surface area contributed by atoms with Gasteiger partial charge >= 0.3 is 0 Å². The van der Waals surface area contributed by atoms with Crippen LogP contribution in [0.25, 0.3) is 0 Å². The minimum absolute atomic E-state index is 0.239. The summed E-state index contributed by atoms with van der Waals surface area (Å²) in [4.78, 5) is 4.45. The van der Waals surface area contributed by atoms with E-state index in [-0.39, 0.29) is 6.04 Å². The average Bonchev–Trinajstić information content (AvgIpc) is 2.97. The lowest BCUT2D eigenvalue weighted by atomic mass is 10.1. The minimum atomic E-state index is 0.239. The van der Waals surface area contributed by atoms with Crippen LogP contribution in [0.2, 0.25) is 0 Å². The van der Waals surface area contributed by atoms with Gasteiger partial charge in [-0.25, -0.2) is 0 Å². The van der Waals surface area contributed by atoms with E-state index in [1.165, 1.54) is 19.3 Å². The van der Waals surface area contributed by atoms with Gasteiger partial charge in [0.15, 0.2) is 5.82 Å². The van der Waals surface area contributed by atoms with E-state index in [9.17, 15) is 0 Å². The number of hydrogen-bond donors (Lipinski definition) is 1. The second-order valence-corrected chi connectivity index (χ2v) is 4.61. The monoisotopic (exact) mass is 247 g/mol. The van der Waals surface area contributed by atoms with E-state index in [0.717, 1.165) is 18.8 Å². The van der Waals surface area contributed by atoms with Gasteiger partial charge in [-0.2, -0.15) is 10.1 Å². The summed E-state index contributed by atoms with van der Waals surface area (Å²) in [6, 6.07) is 2.12. The van der Waals surface area contributed by atoms with E-state index in [1.54, 1.807) is 10.9 Å². The molecule has 1 atom stereocenters. The van der Waals surface area contributed by atoms with E-state index in [1.807, 2.05) is 12.3 Å². The first-order chi connectivity index (χ1) is 8.92. The van der Waals surface area contributed by atoms with Crippen LogP contribution in [0.5, 0.6) is 0 Å². The average molecular weight is 247 g/mol. The first-order valence-electron chi connectivity index (χ1n) is 6.45. The largest absolute Gasteiger partial charge is 0.337 e. The van der Waals surface area contributed by atoms with Gasteiger partial charge in [-0.1, -0.05) is 18.0 Å². The zero-order chi connectivity index (χ0) is 12.2. The molecule has 0 aromatic carbocycles. The minimum Gasteiger partial charge on any atom is -0.337 e. The van der Waals surface area contributed by atoms with Crippen molar-refractivity contribution in [3.63, 3.8) is 0 Å². The first kappa shape index (κ1) is 11.4. The summed E-state index contributed by atoms with van der Waals surface area (Å²) in [5.74, 6) is 1.39. The Morgan fingerprint density at radius 1 is 1.39 bits per heavy atom. The molecule has 2 aromatic rings. The Kier molecular flexibility index (Phi) is 3.36. The molecule has 96 valence electrons. The van der Waals surface area contributed by atoms with Crippen molar-refractivity contribution >= 4 is 0 Å². The summed E-state index contributed by atoms with van der Waals surface area (Å²) >= 11 is 0. The van der Waals surface area contributed by atoms with Crippen LogP contribution in [0.4, 0.5) is 0 Å². The molecule has 1 unspecified atom stereocenters. The highest BCUT2D eigenvalue weighted by atomic mass is 16.5. The van der Waals surface area contributed by atoms with Gasteiger partial charge in [-0.05, 0) is 25.5 Å². The molecular formula is C12H17N5O. The summed E-state index contributed by atoms with van der Waals surface area (Å²) in [5, 5.41) is 11.7. The molecule has 1 aliphatic rings. The summed E-state index contributed by atoms with van der Waals surface area (Å²) < 4.78 is 7.05. The molecule has 1 aliphatic heterocycles. The van der Waals surface area contributed by atoms with Crippen molar-refractivity contribution in [2.75, 3.05) is 6.54 Å². The van der Waals surface area contributed by atoms with E-state index in [0.29, 0.717) is 12.4 Å². The van der Waals surface area contributed by atoms with Gasteiger partial charge in [0.2, 0.25) is 5.89 Å². The van der Waals surface area contributed by atoms with Crippen molar-refractivity contribution in [1.29, 1.82) is 0 Å². The van der Waals surface area contributed by atoms with Crippen LogP contribution < -0.4 is 5.32 Å². The smallest absolute Gasteiger partial charge is 0.248 e. The molecule has 1 saturated heterocycles. The SMILES string of the molecule is c1cnn(Cc2nc(C3CCCCCN3)no2)c1. The third-order valence-electron chi connectivity index (χ3n) is 3.21. The van der Waals surface area contributed by atoms with Crippen LogP contribution in [-0.2, 0) is 6.54 Å². The molecule has 0 bridgehead atoms. The molecule has 0 aliphatic carbocycles. The van der Waals surface area contributed by atoms with Crippen molar-refractivity contribution in [2.24, 2.45) is 0 Å². The predicted molar refractivity (Wildman–Crippen MR) is 64.8 cm³/mol. The highest BCUT2D eigenvalue weighted by Crippen LogP contribution is 2.20. The Morgan fingerprint density at radius 2 is 2.39 bits per heavy atom. The Balaban J connectivity index is 1.68. The van der Waals surface area contributed by atoms with Gasteiger partial charge in [0.25, 0.3) is 0 Å². The molecule has 3 rings (SSSR count). The molecular weight excluding hydrogens is 230 g/mol. The fourth-order valence-corrected chi connectivity index (χ4v) is 2.26. The standard InChI is InChI=1S/C12H17N5O/c1-2-5-10(13-6-3-1)12-15-11(18-16-12)9-17-8-4-7-14-17/h4,7-8,10,13H,1-3,5-6,9H2. The van der Waals surface area contributed by atoms with Crippen LogP contribution >= 0.6 is 0 Å². The van der Waals surface area contributed by atoms with Gasteiger partial charge in [0, 0.05) is 12.4 Å². The number of aromatic nitrogens is 4. The number of rotatable bonds is 3. The highest BCUT2D eigenvalue weighted by molar-refractivity contribution is 4.95. The van der Waals surface area contributed by atoms with Gasteiger partial charge in [0.05, 0.1) is 6.04 Å². The molecule has 0 spiro atoms. The molecule has 6 heteroatoms. The summed E-state index contributed by atoms with van der Waals surface area (Å²) in [6.45, 7) is 1.57. The van der Waals surface area contributed by atoms with Crippen LogP contribution in [0, 0.1) is 0 Å². The first-order valence-corrected chi connectivity index (χ1v) is 6.45.